The lowest BCUT2D eigenvalue weighted by Gasteiger charge is -2.18. The van der Waals surface area contributed by atoms with E-state index in [2.05, 4.69) is 17.1 Å². The van der Waals surface area contributed by atoms with Gasteiger partial charge in [0.1, 0.15) is 11.6 Å². The summed E-state index contributed by atoms with van der Waals surface area (Å²) in [6, 6.07) is 16.0. The van der Waals surface area contributed by atoms with E-state index in [4.69, 9.17) is 4.74 Å². The van der Waals surface area contributed by atoms with Crippen LogP contribution in [0.1, 0.15) is 0 Å². The Bertz CT molecular complexity index is 935. The Morgan fingerprint density at radius 1 is 0.923 bits per heavy atom. The van der Waals surface area contributed by atoms with E-state index in [1.807, 2.05) is 55.4 Å². The maximum Gasteiger partial charge on any atom is 0.259 e. The van der Waals surface area contributed by atoms with Crippen molar-refractivity contribution in [3.05, 3.63) is 54.7 Å². The van der Waals surface area contributed by atoms with Crippen LogP contribution in [0.15, 0.2) is 54.7 Å². The molecule has 0 fully saturated rings. The summed E-state index contributed by atoms with van der Waals surface area (Å²) in [5.41, 5.74) is 2.15. The van der Waals surface area contributed by atoms with Gasteiger partial charge in [-0.25, -0.2) is 4.98 Å². The Kier molecular flexibility index (Phi) is 5.07. The van der Waals surface area contributed by atoms with Gasteiger partial charge in [0.15, 0.2) is 6.61 Å². The summed E-state index contributed by atoms with van der Waals surface area (Å²) in [6.07, 6.45) is 1.80. The van der Waals surface area contributed by atoms with Gasteiger partial charge in [-0.2, -0.15) is 0 Å². The van der Waals surface area contributed by atoms with Gasteiger partial charge in [0.05, 0.1) is 0 Å². The molecule has 0 bridgehead atoms. The first-order valence-electron chi connectivity index (χ1n) is 8.46. The van der Waals surface area contributed by atoms with Crippen LogP contribution in [-0.2, 0) is 4.79 Å². The van der Waals surface area contributed by atoms with Gasteiger partial charge in [-0.15, -0.1) is 0 Å². The summed E-state index contributed by atoms with van der Waals surface area (Å²) in [5, 5.41) is 2.04. The molecule has 0 unspecified atom stereocenters. The molecule has 0 radical (unpaired) electrons. The molecule has 134 valence electrons. The standard InChI is InChI=1S/C21H23N3O2/c1-23(2)20(25)14-26-19-12-11-16(15-8-5-6-9-17(15)19)18-10-7-13-22-21(18)24(3)4/h5-13H,14H2,1-4H3. The van der Waals surface area contributed by atoms with Gasteiger partial charge in [0, 0.05) is 45.3 Å². The Morgan fingerprint density at radius 2 is 1.65 bits per heavy atom. The minimum absolute atomic E-state index is 0.0200. The third-order valence-electron chi connectivity index (χ3n) is 4.23. The third-order valence-corrected chi connectivity index (χ3v) is 4.23. The first-order valence-corrected chi connectivity index (χ1v) is 8.46. The maximum absolute atomic E-state index is 11.8. The molecule has 1 amide bonds. The van der Waals surface area contributed by atoms with E-state index in [1.165, 1.54) is 4.90 Å². The molecule has 1 aromatic heterocycles. The lowest BCUT2D eigenvalue weighted by atomic mass is 9.98. The van der Waals surface area contributed by atoms with Crippen molar-refractivity contribution in [3.8, 4) is 16.9 Å². The Balaban J connectivity index is 2.08. The fraction of sp³-hybridized carbons (Fsp3) is 0.238. The number of hydrogen-bond acceptors (Lipinski definition) is 4. The van der Waals surface area contributed by atoms with Crippen LogP contribution in [0.2, 0.25) is 0 Å². The van der Waals surface area contributed by atoms with Crippen molar-refractivity contribution in [3.63, 3.8) is 0 Å². The van der Waals surface area contributed by atoms with E-state index in [0.29, 0.717) is 5.75 Å². The van der Waals surface area contributed by atoms with Crippen LogP contribution in [0.5, 0.6) is 5.75 Å². The zero-order valence-electron chi connectivity index (χ0n) is 15.6. The zero-order chi connectivity index (χ0) is 18.7. The van der Waals surface area contributed by atoms with Crippen molar-refractivity contribution in [1.82, 2.24) is 9.88 Å². The maximum atomic E-state index is 11.8. The fourth-order valence-electron chi connectivity index (χ4n) is 2.86. The number of ether oxygens (including phenoxy) is 1. The molecule has 0 aliphatic rings. The second-order valence-electron chi connectivity index (χ2n) is 6.50. The molecule has 1 heterocycles. The molecule has 3 aromatic rings. The topological polar surface area (TPSA) is 45.7 Å². The average Bonchev–Trinajstić information content (AvgIpc) is 2.65. The minimum Gasteiger partial charge on any atom is -0.483 e. The van der Waals surface area contributed by atoms with Gasteiger partial charge in [-0.3, -0.25) is 4.79 Å². The number of amides is 1. The highest BCUT2D eigenvalue weighted by molar-refractivity contribution is 6.02. The molecule has 0 N–H and O–H groups in total. The molecule has 0 aliphatic carbocycles. The predicted octanol–water partition coefficient (Wildman–Crippen LogP) is 3.43. The molecule has 0 saturated carbocycles. The summed E-state index contributed by atoms with van der Waals surface area (Å²) in [6.45, 7) is 0.0200. The van der Waals surface area contributed by atoms with Crippen LogP contribution in [-0.4, -0.2) is 50.6 Å². The first-order chi connectivity index (χ1) is 12.5. The lowest BCUT2D eigenvalue weighted by Crippen LogP contribution is -2.27. The quantitative estimate of drug-likeness (QED) is 0.708. The number of carbonyl (C=O) groups excluding carboxylic acids is 1. The van der Waals surface area contributed by atoms with Crippen molar-refractivity contribution >= 4 is 22.5 Å². The summed E-state index contributed by atoms with van der Waals surface area (Å²) in [5.74, 6) is 1.55. The summed E-state index contributed by atoms with van der Waals surface area (Å²) in [4.78, 5) is 19.9. The van der Waals surface area contributed by atoms with E-state index in [-0.39, 0.29) is 12.5 Å². The van der Waals surface area contributed by atoms with E-state index in [1.54, 1.807) is 20.3 Å². The highest BCUT2D eigenvalue weighted by Crippen LogP contribution is 2.37. The number of benzene rings is 2. The predicted molar refractivity (Wildman–Crippen MR) is 106 cm³/mol. The van der Waals surface area contributed by atoms with E-state index in [0.717, 1.165) is 27.7 Å². The third kappa shape index (κ3) is 3.47. The lowest BCUT2D eigenvalue weighted by molar-refractivity contribution is -0.130. The smallest absolute Gasteiger partial charge is 0.259 e. The van der Waals surface area contributed by atoms with Crippen molar-refractivity contribution in [1.29, 1.82) is 0 Å². The Hall–Kier alpha value is -3.08. The highest BCUT2D eigenvalue weighted by atomic mass is 16.5. The van der Waals surface area contributed by atoms with Gasteiger partial charge < -0.3 is 14.5 Å². The second kappa shape index (κ2) is 7.44. The van der Waals surface area contributed by atoms with Crippen LogP contribution in [0, 0.1) is 0 Å². The first kappa shape index (κ1) is 17.7. The number of anilines is 1. The molecule has 0 saturated heterocycles. The Morgan fingerprint density at radius 3 is 2.35 bits per heavy atom. The van der Waals surface area contributed by atoms with Crippen molar-refractivity contribution in [2.45, 2.75) is 0 Å². The number of pyridine rings is 1. The molecular weight excluding hydrogens is 326 g/mol. The van der Waals surface area contributed by atoms with Gasteiger partial charge in [0.2, 0.25) is 0 Å². The van der Waals surface area contributed by atoms with E-state index >= 15 is 0 Å². The van der Waals surface area contributed by atoms with E-state index in [9.17, 15) is 4.79 Å². The molecule has 0 atom stereocenters. The van der Waals surface area contributed by atoms with Gasteiger partial charge in [-0.05, 0) is 35.2 Å². The number of nitrogens with zero attached hydrogens (tertiary/aromatic N) is 3. The van der Waals surface area contributed by atoms with Crippen LogP contribution in [0.4, 0.5) is 5.82 Å². The van der Waals surface area contributed by atoms with Crippen molar-refractivity contribution in [2.75, 3.05) is 39.7 Å². The van der Waals surface area contributed by atoms with Crippen LogP contribution in [0.3, 0.4) is 0 Å². The summed E-state index contributed by atoms with van der Waals surface area (Å²) < 4.78 is 5.79. The van der Waals surface area contributed by atoms with Crippen molar-refractivity contribution in [2.24, 2.45) is 0 Å². The van der Waals surface area contributed by atoms with Gasteiger partial charge in [0.25, 0.3) is 5.91 Å². The molecule has 5 heteroatoms. The highest BCUT2D eigenvalue weighted by Gasteiger charge is 2.14. The zero-order valence-corrected chi connectivity index (χ0v) is 15.6. The molecule has 26 heavy (non-hydrogen) atoms. The number of rotatable bonds is 5. The monoisotopic (exact) mass is 349 g/mol. The number of carbonyl (C=O) groups is 1. The van der Waals surface area contributed by atoms with Crippen LogP contribution in [0.25, 0.3) is 21.9 Å². The molecule has 2 aromatic carbocycles. The SMILES string of the molecule is CN(C)C(=O)COc1ccc(-c2cccnc2N(C)C)c2ccccc12. The van der Waals surface area contributed by atoms with Crippen molar-refractivity contribution < 1.29 is 9.53 Å². The number of likely N-dealkylation sites (N-methyl/N-ethyl adjacent to an activating group) is 1. The molecule has 0 aliphatic heterocycles. The van der Waals surface area contributed by atoms with Crippen LogP contribution < -0.4 is 9.64 Å². The average molecular weight is 349 g/mol. The van der Waals surface area contributed by atoms with Crippen LogP contribution >= 0.6 is 0 Å². The summed E-state index contributed by atoms with van der Waals surface area (Å²) in [7, 11) is 7.41. The molecular formula is C21H23N3O2. The fourth-order valence-corrected chi connectivity index (χ4v) is 2.86. The summed E-state index contributed by atoms with van der Waals surface area (Å²) >= 11 is 0. The number of hydrogen-bond donors (Lipinski definition) is 0. The number of fused-ring (bicyclic) bond motifs is 1. The minimum atomic E-state index is -0.0692. The molecule has 0 spiro atoms. The molecule has 5 nitrogen and oxygen atoms in total. The largest absolute Gasteiger partial charge is 0.483 e. The Labute approximate surface area is 153 Å². The number of aromatic nitrogens is 1. The normalized spacial score (nSPS) is 10.6. The molecule has 3 rings (SSSR count). The van der Waals surface area contributed by atoms with Gasteiger partial charge in [-0.1, -0.05) is 24.3 Å². The second-order valence-corrected chi connectivity index (χ2v) is 6.50. The van der Waals surface area contributed by atoms with Gasteiger partial charge >= 0.3 is 0 Å². The van der Waals surface area contributed by atoms with E-state index < -0.39 is 0 Å².